The molecule has 1 amide bonds. The number of anilines is 2. The van der Waals surface area contributed by atoms with Crippen molar-refractivity contribution in [3.8, 4) is 11.3 Å². The third kappa shape index (κ3) is 4.97. The van der Waals surface area contributed by atoms with E-state index in [1.54, 1.807) is 36.4 Å². The summed E-state index contributed by atoms with van der Waals surface area (Å²) in [5.41, 5.74) is 3.77. The highest BCUT2D eigenvalue weighted by atomic mass is 32.2. The van der Waals surface area contributed by atoms with Crippen LogP contribution in [0.2, 0.25) is 0 Å². The lowest BCUT2D eigenvalue weighted by atomic mass is 10.1. The van der Waals surface area contributed by atoms with Crippen LogP contribution >= 0.6 is 11.3 Å². The molecule has 0 saturated heterocycles. The summed E-state index contributed by atoms with van der Waals surface area (Å²) >= 11 is 1.32. The molecule has 0 saturated carbocycles. The van der Waals surface area contributed by atoms with Gasteiger partial charge in [-0.25, -0.2) is 13.4 Å². The van der Waals surface area contributed by atoms with Crippen molar-refractivity contribution in [2.45, 2.75) is 18.2 Å². The molecular weight excluding hydrogens is 454 g/mol. The molecule has 33 heavy (non-hydrogen) atoms. The van der Waals surface area contributed by atoms with Gasteiger partial charge in [-0.05, 0) is 42.3 Å². The van der Waals surface area contributed by atoms with Crippen molar-refractivity contribution < 1.29 is 13.2 Å². The van der Waals surface area contributed by atoms with Crippen LogP contribution < -0.4 is 9.62 Å². The maximum Gasteiger partial charge on any atom is 0.264 e. The molecule has 0 aliphatic carbocycles. The predicted octanol–water partition coefficient (Wildman–Crippen LogP) is 5.45. The summed E-state index contributed by atoms with van der Waals surface area (Å²) in [5.74, 6) is -0.420. The lowest BCUT2D eigenvalue weighted by Gasteiger charge is -2.19. The Morgan fingerprint density at radius 2 is 1.73 bits per heavy atom. The Labute approximate surface area is 197 Å². The number of benzene rings is 3. The lowest BCUT2D eigenvalue weighted by molar-refractivity contribution is 0.102. The number of para-hydroxylation sites is 1. The first-order valence-electron chi connectivity index (χ1n) is 10.4. The van der Waals surface area contributed by atoms with Crippen LogP contribution in [0.3, 0.4) is 0 Å². The summed E-state index contributed by atoms with van der Waals surface area (Å²) < 4.78 is 27.3. The van der Waals surface area contributed by atoms with E-state index in [2.05, 4.69) is 29.4 Å². The molecule has 0 aliphatic heterocycles. The summed E-state index contributed by atoms with van der Waals surface area (Å²) in [4.78, 5) is 17.3. The number of carbonyl (C=O) groups is 1. The smallest absolute Gasteiger partial charge is 0.264 e. The number of aryl methyl sites for hydroxylation is 1. The highest BCUT2D eigenvalue weighted by Crippen LogP contribution is 2.26. The molecule has 168 valence electrons. The number of hydrogen-bond acceptors (Lipinski definition) is 5. The molecular formula is C25H23N3O3S2. The van der Waals surface area contributed by atoms with Crippen LogP contribution in [0.15, 0.2) is 89.1 Å². The standard InChI is InChI=1S/C25H23N3O3S2/c1-3-18-12-14-19(15-13-18)23-17-32-25(26-23)27-24(29)20-8-7-11-22(16-20)33(30,31)28(2)21-9-5-4-6-10-21/h4-17H,3H2,1-2H3,(H,26,27,29). The second-order valence-corrected chi connectivity index (χ2v) is 10.2. The van der Waals surface area contributed by atoms with Gasteiger partial charge in [0.15, 0.2) is 5.13 Å². The number of carbonyl (C=O) groups excluding carboxylic acids is 1. The van der Waals surface area contributed by atoms with Crippen molar-refractivity contribution >= 4 is 38.1 Å². The van der Waals surface area contributed by atoms with Crippen molar-refractivity contribution in [1.82, 2.24) is 4.98 Å². The van der Waals surface area contributed by atoms with E-state index in [9.17, 15) is 13.2 Å². The Morgan fingerprint density at radius 1 is 1.00 bits per heavy atom. The molecule has 4 aromatic rings. The summed E-state index contributed by atoms with van der Waals surface area (Å²) in [6.45, 7) is 2.10. The van der Waals surface area contributed by atoms with E-state index in [1.165, 1.54) is 40.4 Å². The third-order valence-corrected chi connectivity index (χ3v) is 7.80. The van der Waals surface area contributed by atoms with E-state index in [1.807, 2.05) is 23.6 Å². The largest absolute Gasteiger partial charge is 0.298 e. The summed E-state index contributed by atoms with van der Waals surface area (Å²) in [6, 6.07) is 22.9. The molecule has 1 N–H and O–H groups in total. The maximum atomic E-state index is 13.1. The van der Waals surface area contributed by atoms with E-state index in [0.29, 0.717) is 10.8 Å². The predicted molar refractivity (Wildman–Crippen MR) is 133 cm³/mol. The molecule has 4 rings (SSSR count). The van der Waals surface area contributed by atoms with E-state index < -0.39 is 15.9 Å². The average Bonchev–Trinajstić information content (AvgIpc) is 3.32. The third-order valence-electron chi connectivity index (χ3n) is 5.26. The second-order valence-electron chi connectivity index (χ2n) is 7.38. The Hall–Kier alpha value is -3.49. The van der Waals surface area contributed by atoms with E-state index in [0.717, 1.165) is 17.7 Å². The molecule has 1 aromatic heterocycles. The Morgan fingerprint density at radius 3 is 2.42 bits per heavy atom. The van der Waals surface area contributed by atoms with Crippen LogP contribution in [0.4, 0.5) is 10.8 Å². The Balaban J connectivity index is 1.52. The minimum atomic E-state index is -3.82. The zero-order valence-corrected chi connectivity index (χ0v) is 19.9. The molecule has 0 radical (unpaired) electrons. The molecule has 0 aliphatic rings. The minimum absolute atomic E-state index is 0.0392. The van der Waals surface area contributed by atoms with Crippen LogP contribution in [-0.2, 0) is 16.4 Å². The quantitative estimate of drug-likeness (QED) is 0.384. The lowest BCUT2D eigenvalue weighted by Crippen LogP contribution is -2.26. The van der Waals surface area contributed by atoms with Crippen molar-refractivity contribution in [3.05, 3.63) is 95.4 Å². The number of aromatic nitrogens is 1. The zero-order valence-electron chi connectivity index (χ0n) is 18.2. The Kier molecular flexibility index (Phi) is 6.57. The molecule has 0 unspecified atom stereocenters. The van der Waals surface area contributed by atoms with E-state index in [4.69, 9.17) is 0 Å². The van der Waals surface area contributed by atoms with Gasteiger partial charge in [0.25, 0.3) is 15.9 Å². The summed E-state index contributed by atoms with van der Waals surface area (Å²) in [6.07, 6.45) is 0.967. The fourth-order valence-corrected chi connectivity index (χ4v) is 5.23. The Bertz CT molecular complexity index is 1370. The zero-order chi connectivity index (χ0) is 23.4. The first kappa shape index (κ1) is 22.7. The van der Waals surface area contributed by atoms with Crippen molar-refractivity contribution in [2.75, 3.05) is 16.7 Å². The molecule has 0 atom stereocenters. The van der Waals surface area contributed by atoms with Crippen LogP contribution in [0.1, 0.15) is 22.8 Å². The number of hydrogen-bond donors (Lipinski definition) is 1. The van der Waals surface area contributed by atoms with Gasteiger partial charge in [0.2, 0.25) is 0 Å². The van der Waals surface area contributed by atoms with Crippen molar-refractivity contribution in [3.63, 3.8) is 0 Å². The normalized spacial score (nSPS) is 11.2. The molecule has 0 spiro atoms. The van der Waals surface area contributed by atoms with Gasteiger partial charge >= 0.3 is 0 Å². The van der Waals surface area contributed by atoms with Crippen LogP contribution in [0.5, 0.6) is 0 Å². The van der Waals surface area contributed by atoms with Crippen LogP contribution in [0, 0.1) is 0 Å². The van der Waals surface area contributed by atoms with Gasteiger partial charge in [-0.3, -0.25) is 14.4 Å². The molecule has 0 bridgehead atoms. The van der Waals surface area contributed by atoms with Gasteiger partial charge in [-0.15, -0.1) is 11.3 Å². The number of sulfonamides is 1. The highest BCUT2D eigenvalue weighted by molar-refractivity contribution is 7.92. The first-order chi connectivity index (χ1) is 15.9. The van der Waals surface area contributed by atoms with E-state index in [-0.39, 0.29) is 10.5 Å². The number of nitrogens with one attached hydrogen (secondary N) is 1. The molecule has 6 nitrogen and oxygen atoms in total. The van der Waals surface area contributed by atoms with Gasteiger partial charge in [0, 0.05) is 23.6 Å². The fraction of sp³-hybridized carbons (Fsp3) is 0.120. The average molecular weight is 478 g/mol. The molecule has 0 fully saturated rings. The fourth-order valence-electron chi connectivity index (χ4n) is 3.28. The van der Waals surface area contributed by atoms with Gasteiger partial charge in [0.1, 0.15) is 0 Å². The maximum absolute atomic E-state index is 13.1. The highest BCUT2D eigenvalue weighted by Gasteiger charge is 2.22. The van der Waals surface area contributed by atoms with Gasteiger partial charge in [-0.2, -0.15) is 0 Å². The van der Waals surface area contributed by atoms with Crippen LogP contribution in [0.25, 0.3) is 11.3 Å². The monoisotopic (exact) mass is 477 g/mol. The minimum Gasteiger partial charge on any atom is -0.298 e. The number of rotatable bonds is 7. The van der Waals surface area contributed by atoms with Crippen molar-refractivity contribution in [2.24, 2.45) is 0 Å². The first-order valence-corrected chi connectivity index (χ1v) is 12.7. The SMILES string of the molecule is CCc1ccc(-c2csc(NC(=O)c3cccc(S(=O)(=O)N(C)c4ccccc4)c3)n2)cc1. The van der Waals surface area contributed by atoms with E-state index >= 15 is 0 Å². The van der Waals surface area contributed by atoms with Crippen molar-refractivity contribution in [1.29, 1.82) is 0 Å². The topological polar surface area (TPSA) is 79.4 Å². The van der Waals surface area contributed by atoms with Gasteiger partial charge in [-0.1, -0.05) is 55.5 Å². The number of amides is 1. The molecule has 1 heterocycles. The number of nitrogens with zero attached hydrogens (tertiary/aromatic N) is 2. The van der Waals surface area contributed by atoms with Crippen LogP contribution in [-0.4, -0.2) is 26.4 Å². The number of thiazole rings is 1. The van der Waals surface area contributed by atoms with Gasteiger partial charge in [0.05, 0.1) is 16.3 Å². The van der Waals surface area contributed by atoms with Gasteiger partial charge < -0.3 is 0 Å². The summed E-state index contributed by atoms with van der Waals surface area (Å²) in [5, 5.41) is 5.10. The molecule has 8 heteroatoms. The summed E-state index contributed by atoms with van der Waals surface area (Å²) in [7, 11) is -2.33. The second kappa shape index (κ2) is 9.56. The molecule has 3 aromatic carbocycles.